The van der Waals surface area contributed by atoms with Gasteiger partial charge in [-0.15, -0.1) is 0 Å². The summed E-state index contributed by atoms with van der Waals surface area (Å²) in [6, 6.07) is 27.7. The molecule has 3 aromatic carbocycles. The van der Waals surface area contributed by atoms with Crippen LogP contribution in [0, 0.1) is 0 Å². The van der Waals surface area contributed by atoms with Gasteiger partial charge in [-0.1, -0.05) is 48.5 Å². The van der Waals surface area contributed by atoms with Crippen molar-refractivity contribution in [3.8, 4) is 5.75 Å². The molecule has 0 amide bonds. The third kappa shape index (κ3) is 2.72. The van der Waals surface area contributed by atoms with Gasteiger partial charge in [-0.3, -0.25) is 0 Å². The van der Waals surface area contributed by atoms with E-state index in [4.69, 9.17) is 9.47 Å². The van der Waals surface area contributed by atoms with Gasteiger partial charge in [0.2, 0.25) is 0 Å². The predicted octanol–water partition coefficient (Wildman–Crippen LogP) is 5.77. The molecule has 0 unspecified atom stereocenters. The Labute approximate surface area is 181 Å². The van der Waals surface area contributed by atoms with Gasteiger partial charge in [0, 0.05) is 29.2 Å². The van der Waals surface area contributed by atoms with Crippen molar-refractivity contribution in [2.75, 3.05) is 13.7 Å². The summed E-state index contributed by atoms with van der Waals surface area (Å²) in [5, 5.41) is 1.26. The summed E-state index contributed by atoms with van der Waals surface area (Å²) >= 11 is 0. The fraction of sp³-hybridized carbons (Fsp3) is 0.185. The minimum absolute atomic E-state index is 0.117. The monoisotopic (exact) mass is 408 g/mol. The van der Waals surface area contributed by atoms with Crippen molar-refractivity contribution in [1.82, 2.24) is 9.47 Å². The second-order valence-corrected chi connectivity index (χ2v) is 8.15. The lowest BCUT2D eigenvalue weighted by Crippen LogP contribution is -2.28. The minimum Gasteiger partial charge on any atom is -0.497 e. The predicted molar refractivity (Wildman–Crippen MR) is 123 cm³/mol. The molecule has 4 heteroatoms. The van der Waals surface area contributed by atoms with Gasteiger partial charge in [-0.25, -0.2) is 0 Å². The number of hydrogen-bond donors (Lipinski definition) is 0. The lowest BCUT2D eigenvalue weighted by atomic mass is 9.97. The summed E-state index contributed by atoms with van der Waals surface area (Å²) in [6.45, 7) is 0.658. The first-order valence-electron chi connectivity index (χ1n) is 10.6. The Morgan fingerprint density at radius 2 is 1.65 bits per heavy atom. The Hall–Kier alpha value is -3.50. The van der Waals surface area contributed by atoms with Gasteiger partial charge in [0.15, 0.2) is 6.23 Å². The molecule has 4 aromatic rings. The van der Waals surface area contributed by atoms with E-state index in [1.807, 2.05) is 12.1 Å². The van der Waals surface area contributed by atoms with Crippen molar-refractivity contribution < 1.29 is 9.47 Å². The molecule has 4 nitrogen and oxygen atoms in total. The zero-order valence-electron chi connectivity index (χ0n) is 17.7. The second kappa shape index (κ2) is 7.03. The number of aryl methyl sites for hydroxylation is 1. The first-order chi connectivity index (χ1) is 15.3. The number of methoxy groups -OCH3 is 1. The van der Waals surface area contributed by atoms with Gasteiger partial charge in [-0.2, -0.15) is 0 Å². The van der Waals surface area contributed by atoms with Crippen LogP contribution in [0.1, 0.15) is 34.7 Å². The largest absolute Gasteiger partial charge is 0.497 e. The van der Waals surface area contributed by atoms with E-state index in [1.165, 1.54) is 33.4 Å². The normalized spacial score (nSPS) is 19.8. The highest BCUT2D eigenvalue weighted by Crippen LogP contribution is 2.51. The van der Waals surface area contributed by atoms with Crippen LogP contribution in [0.4, 0.5) is 0 Å². The summed E-state index contributed by atoms with van der Waals surface area (Å²) in [6.07, 6.45) is 2.20. The highest BCUT2D eigenvalue weighted by Gasteiger charge is 2.43. The molecule has 0 N–H and O–H groups in total. The lowest BCUT2D eigenvalue weighted by molar-refractivity contribution is 0.0582. The van der Waals surface area contributed by atoms with E-state index < -0.39 is 0 Å². The van der Waals surface area contributed by atoms with Gasteiger partial charge < -0.3 is 18.9 Å². The molecule has 0 aliphatic carbocycles. The van der Waals surface area contributed by atoms with Gasteiger partial charge in [0.05, 0.1) is 25.5 Å². The summed E-state index contributed by atoms with van der Waals surface area (Å²) in [5.41, 5.74) is 7.31. The smallest absolute Gasteiger partial charge is 0.159 e. The topological polar surface area (TPSA) is 26.6 Å². The number of fused-ring (bicyclic) bond motifs is 5. The quantitative estimate of drug-likeness (QED) is 0.430. The van der Waals surface area contributed by atoms with Crippen molar-refractivity contribution in [2.45, 2.75) is 12.3 Å². The Kier molecular flexibility index (Phi) is 4.15. The molecule has 6 rings (SSSR count). The number of aromatic nitrogens is 1. The summed E-state index contributed by atoms with van der Waals surface area (Å²) < 4.78 is 14.2. The van der Waals surface area contributed by atoms with Crippen LogP contribution in [-0.2, 0) is 11.8 Å². The summed E-state index contributed by atoms with van der Waals surface area (Å²) in [7, 11) is 3.84. The number of rotatable bonds is 3. The van der Waals surface area contributed by atoms with E-state index in [-0.39, 0.29) is 12.3 Å². The molecule has 3 heterocycles. The number of nitrogens with zero attached hydrogens (tertiary/aromatic N) is 2. The van der Waals surface area contributed by atoms with E-state index in [9.17, 15) is 0 Å². The SMILES string of the molecule is COc1ccc(C2=Cc3c(c4ccccc4n3C)[C@H]3OC[C@@H](c4ccccc4)N23)cc1. The molecule has 2 aliphatic heterocycles. The van der Waals surface area contributed by atoms with Crippen molar-refractivity contribution in [3.63, 3.8) is 0 Å². The Morgan fingerprint density at radius 3 is 2.42 bits per heavy atom. The average Bonchev–Trinajstić information content (AvgIpc) is 3.39. The highest BCUT2D eigenvalue weighted by atomic mass is 16.5. The Morgan fingerprint density at radius 1 is 0.903 bits per heavy atom. The number of benzene rings is 3. The van der Waals surface area contributed by atoms with E-state index in [1.54, 1.807) is 7.11 Å². The maximum Gasteiger partial charge on any atom is 0.159 e. The van der Waals surface area contributed by atoms with Crippen molar-refractivity contribution in [1.29, 1.82) is 0 Å². The second-order valence-electron chi connectivity index (χ2n) is 8.15. The van der Waals surface area contributed by atoms with Crippen molar-refractivity contribution in [3.05, 3.63) is 101 Å². The zero-order chi connectivity index (χ0) is 20.9. The fourth-order valence-corrected chi connectivity index (χ4v) is 5.03. The summed E-state index contributed by atoms with van der Waals surface area (Å²) in [5.74, 6) is 0.860. The molecule has 2 aliphatic rings. The van der Waals surface area contributed by atoms with Crippen LogP contribution < -0.4 is 4.74 Å². The molecule has 0 spiro atoms. The molecule has 1 saturated heterocycles. The number of hydrogen-bond acceptors (Lipinski definition) is 3. The standard InChI is InChI=1S/C27H24N2O2/c1-28-22-11-7-6-10-21(22)26-24(28)16-23(19-12-14-20(30-2)15-13-19)29-25(17-31-27(26)29)18-8-4-3-5-9-18/h3-16,25,27H,17H2,1-2H3/t25-,27+/m0/s1. The zero-order valence-corrected chi connectivity index (χ0v) is 17.7. The lowest BCUT2D eigenvalue weighted by Gasteiger charge is -2.36. The van der Waals surface area contributed by atoms with E-state index in [0.29, 0.717) is 6.61 Å². The molecule has 2 atom stereocenters. The highest BCUT2D eigenvalue weighted by molar-refractivity contribution is 5.94. The first kappa shape index (κ1) is 18.3. The maximum absolute atomic E-state index is 6.52. The number of para-hydroxylation sites is 1. The van der Waals surface area contributed by atoms with E-state index >= 15 is 0 Å². The van der Waals surface area contributed by atoms with Gasteiger partial charge in [0.25, 0.3) is 0 Å². The molecule has 0 radical (unpaired) electrons. The molecular weight excluding hydrogens is 384 g/mol. The van der Waals surface area contributed by atoms with Gasteiger partial charge in [0.1, 0.15) is 5.75 Å². The molecule has 0 bridgehead atoms. The molecule has 0 saturated carbocycles. The maximum atomic E-state index is 6.52. The van der Waals surface area contributed by atoms with Gasteiger partial charge >= 0.3 is 0 Å². The van der Waals surface area contributed by atoms with Crippen molar-refractivity contribution >= 4 is 22.7 Å². The molecule has 31 heavy (non-hydrogen) atoms. The van der Waals surface area contributed by atoms with Crippen LogP contribution >= 0.6 is 0 Å². The Balaban J connectivity index is 1.58. The fourth-order valence-electron chi connectivity index (χ4n) is 5.03. The van der Waals surface area contributed by atoms with Crippen LogP contribution in [0.5, 0.6) is 5.75 Å². The summed E-state index contributed by atoms with van der Waals surface area (Å²) in [4.78, 5) is 2.45. The average molecular weight is 409 g/mol. The van der Waals surface area contributed by atoms with Crippen LogP contribution in [0.3, 0.4) is 0 Å². The minimum atomic E-state index is -0.117. The molecule has 1 fully saturated rings. The van der Waals surface area contributed by atoms with E-state index in [2.05, 4.69) is 89.3 Å². The van der Waals surface area contributed by atoms with E-state index in [0.717, 1.165) is 11.3 Å². The molecular formula is C27H24N2O2. The number of ether oxygens (including phenoxy) is 2. The van der Waals surface area contributed by atoms with Crippen molar-refractivity contribution in [2.24, 2.45) is 7.05 Å². The van der Waals surface area contributed by atoms with Crippen LogP contribution in [-0.4, -0.2) is 23.2 Å². The third-order valence-corrected chi connectivity index (χ3v) is 6.56. The molecule has 154 valence electrons. The first-order valence-corrected chi connectivity index (χ1v) is 10.6. The van der Waals surface area contributed by atoms with Crippen LogP contribution in [0.15, 0.2) is 78.9 Å². The van der Waals surface area contributed by atoms with Crippen LogP contribution in [0.25, 0.3) is 22.7 Å². The van der Waals surface area contributed by atoms with Crippen LogP contribution in [0.2, 0.25) is 0 Å². The Bertz CT molecular complexity index is 1290. The molecule has 1 aromatic heterocycles. The van der Waals surface area contributed by atoms with Gasteiger partial charge in [-0.05, 0) is 47.5 Å². The third-order valence-electron chi connectivity index (χ3n) is 6.56.